The predicted molar refractivity (Wildman–Crippen MR) is 83.8 cm³/mol. The van der Waals surface area contributed by atoms with Gasteiger partial charge in [-0.3, -0.25) is 10.1 Å². The van der Waals surface area contributed by atoms with Crippen LogP contribution in [0, 0.1) is 23.0 Å². The molecular weight excluding hydrogens is 274 g/mol. The van der Waals surface area contributed by atoms with Crippen molar-refractivity contribution in [2.24, 2.45) is 10.9 Å². The highest BCUT2D eigenvalue weighted by Crippen LogP contribution is 2.26. The molecule has 0 aliphatic carbocycles. The Morgan fingerprint density at radius 3 is 2.85 bits per heavy atom. The number of nitrogens with zero attached hydrogens (tertiary/aromatic N) is 2. The molecule has 2 rings (SSSR count). The maximum atomic E-state index is 10.7. The molecule has 5 nitrogen and oxygen atoms in total. The molecule has 0 aromatic heterocycles. The van der Waals surface area contributed by atoms with Gasteiger partial charge in [0.2, 0.25) is 0 Å². The van der Waals surface area contributed by atoms with Crippen molar-refractivity contribution < 1.29 is 4.92 Å². The number of rotatable bonds is 3. The molecule has 0 saturated carbocycles. The first-order chi connectivity index (χ1) is 9.47. The molecule has 1 atom stereocenters. The lowest BCUT2D eigenvalue weighted by Gasteiger charge is -2.28. The van der Waals surface area contributed by atoms with Gasteiger partial charge in [0.1, 0.15) is 0 Å². The summed E-state index contributed by atoms with van der Waals surface area (Å²) in [6.45, 7) is 6.24. The number of hydrogen-bond donors (Lipinski definition) is 1. The number of nitrogens with one attached hydrogen (secondary N) is 1. The zero-order valence-corrected chi connectivity index (χ0v) is 12.7. The number of non-ortho nitro benzene ring substituents is 1. The lowest BCUT2D eigenvalue weighted by molar-refractivity contribution is -0.384. The Morgan fingerprint density at radius 1 is 1.50 bits per heavy atom. The molecule has 20 heavy (non-hydrogen) atoms. The van der Waals surface area contributed by atoms with E-state index in [1.54, 1.807) is 23.9 Å². The van der Waals surface area contributed by atoms with Crippen LogP contribution >= 0.6 is 11.8 Å². The molecule has 1 heterocycles. The first-order valence-corrected chi connectivity index (χ1v) is 7.69. The van der Waals surface area contributed by atoms with E-state index in [1.807, 2.05) is 6.92 Å². The van der Waals surface area contributed by atoms with Gasteiger partial charge < -0.3 is 5.32 Å². The van der Waals surface area contributed by atoms with Crippen molar-refractivity contribution in [2.45, 2.75) is 33.2 Å². The summed E-state index contributed by atoms with van der Waals surface area (Å²) in [7, 11) is 0. The Balaban J connectivity index is 2.20. The number of benzene rings is 1. The summed E-state index contributed by atoms with van der Waals surface area (Å²) in [5.41, 5.74) is 1.71. The molecule has 6 heteroatoms. The first-order valence-electron chi connectivity index (χ1n) is 6.70. The fraction of sp³-hybridized carbons (Fsp3) is 0.500. The third-order valence-electron chi connectivity index (χ3n) is 3.39. The third kappa shape index (κ3) is 3.50. The third-order valence-corrected chi connectivity index (χ3v) is 4.32. The van der Waals surface area contributed by atoms with Crippen LogP contribution in [0.2, 0.25) is 0 Å². The van der Waals surface area contributed by atoms with Gasteiger partial charge in [-0.2, -0.15) is 0 Å². The van der Waals surface area contributed by atoms with Crippen molar-refractivity contribution in [1.82, 2.24) is 5.32 Å². The Bertz CT molecular complexity index is 543. The van der Waals surface area contributed by atoms with Crippen LogP contribution in [0.1, 0.15) is 25.8 Å². The van der Waals surface area contributed by atoms with Crippen molar-refractivity contribution >= 4 is 28.3 Å². The predicted octanol–water partition coefficient (Wildman–Crippen LogP) is 3.64. The normalized spacial score (nSPS) is 21.0. The number of hydrogen-bond acceptors (Lipinski definition) is 4. The smallest absolute Gasteiger partial charge is 0.269 e. The van der Waals surface area contributed by atoms with E-state index in [4.69, 9.17) is 0 Å². The van der Waals surface area contributed by atoms with Gasteiger partial charge in [-0.05, 0) is 30.9 Å². The van der Waals surface area contributed by atoms with Crippen molar-refractivity contribution in [3.63, 3.8) is 0 Å². The van der Waals surface area contributed by atoms with Crippen molar-refractivity contribution in [1.29, 1.82) is 0 Å². The van der Waals surface area contributed by atoms with Crippen LogP contribution in [0.5, 0.6) is 0 Å². The van der Waals surface area contributed by atoms with E-state index in [0.29, 0.717) is 12.0 Å². The molecule has 1 saturated heterocycles. The topological polar surface area (TPSA) is 67.5 Å². The van der Waals surface area contributed by atoms with Gasteiger partial charge in [-0.15, -0.1) is 0 Å². The molecule has 0 bridgehead atoms. The Labute approximate surface area is 123 Å². The second-order valence-electron chi connectivity index (χ2n) is 5.28. The highest BCUT2D eigenvalue weighted by molar-refractivity contribution is 8.13. The van der Waals surface area contributed by atoms with Gasteiger partial charge in [-0.25, -0.2) is 4.99 Å². The van der Waals surface area contributed by atoms with Crippen LogP contribution in [0.15, 0.2) is 23.2 Å². The lowest BCUT2D eigenvalue weighted by atomic mass is 10.0. The molecule has 108 valence electrons. The quantitative estimate of drug-likeness (QED) is 0.682. The summed E-state index contributed by atoms with van der Waals surface area (Å²) < 4.78 is 0. The highest BCUT2D eigenvalue weighted by atomic mass is 32.2. The molecule has 1 aromatic rings. The first kappa shape index (κ1) is 14.8. The second-order valence-corrected chi connectivity index (χ2v) is 6.36. The van der Waals surface area contributed by atoms with Gasteiger partial charge in [-0.1, -0.05) is 25.6 Å². The summed E-state index contributed by atoms with van der Waals surface area (Å²) in [6.07, 6.45) is 1.14. The molecule has 1 fully saturated rings. The van der Waals surface area contributed by atoms with Gasteiger partial charge in [0, 0.05) is 23.9 Å². The molecule has 1 unspecified atom stereocenters. The fourth-order valence-corrected chi connectivity index (χ4v) is 3.07. The Hall–Kier alpha value is -1.56. The minimum atomic E-state index is -0.383. The van der Waals surface area contributed by atoms with Crippen LogP contribution < -0.4 is 5.32 Å². The molecule has 0 amide bonds. The minimum Gasteiger partial charge on any atom is -0.362 e. The SMILES string of the molecule is Cc1cc([N+](=O)[O-])ccc1N=C1NC(C(C)C)CCS1. The Kier molecular flexibility index (Phi) is 4.65. The average molecular weight is 293 g/mol. The zero-order chi connectivity index (χ0) is 14.7. The van der Waals surface area contributed by atoms with Crippen LogP contribution in [-0.4, -0.2) is 21.9 Å². The van der Waals surface area contributed by atoms with Gasteiger partial charge in [0.15, 0.2) is 5.17 Å². The van der Waals surface area contributed by atoms with Crippen molar-refractivity contribution in [3.05, 3.63) is 33.9 Å². The van der Waals surface area contributed by atoms with E-state index in [0.717, 1.165) is 28.6 Å². The van der Waals surface area contributed by atoms with Crippen molar-refractivity contribution in [3.8, 4) is 0 Å². The van der Waals surface area contributed by atoms with Crippen molar-refractivity contribution in [2.75, 3.05) is 5.75 Å². The van der Waals surface area contributed by atoms with E-state index in [2.05, 4.69) is 24.2 Å². The summed E-state index contributed by atoms with van der Waals surface area (Å²) in [6, 6.07) is 5.22. The highest BCUT2D eigenvalue weighted by Gasteiger charge is 2.20. The molecule has 0 spiro atoms. The summed E-state index contributed by atoms with van der Waals surface area (Å²) in [5, 5.41) is 15.1. The number of aryl methyl sites for hydroxylation is 1. The molecule has 1 N–H and O–H groups in total. The lowest BCUT2D eigenvalue weighted by Crippen LogP contribution is -2.41. The number of nitro benzene ring substituents is 1. The van der Waals surface area contributed by atoms with Crippen LogP contribution in [-0.2, 0) is 0 Å². The maximum absolute atomic E-state index is 10.7. The van der Waals surface area contributed by atoms with E-state index in [9.17, 15) is 10.1 Å². The summed E-state index contributed by atoms with van der Waals surface area (Å²) >= 11 is 1.70. The van der Waals surface area contributed by atoms with E-state index < -0.39 is 0 Å². The zero-order valence-electron chi connectivity index (χ0n) is 11.9. The average Bonchev–Trinajstić information content (AvgIpc) is 2.41. The summed E-state index contributed by atoms with van der Waals surface area (Å²) in [4.78, 5) is 14.9. The molecule has 1 aliphatic rings. The summed E-state index contributed by atoms with van der Waals surface area (Å²) in [5.74, 6) is 1.62. The fourth-order valence-electron chi connectivity index (χ4n) is 2.11. The molecule has 1 aromatic carbocycles. The van der Waals surface area contributed by atoms with Gasteiger partial charge in [0.05, 0.1) is 10.6 Å². The van der Waals surface area contributed by atoms with Crippen LogP contribution in [0.4, 0.5) is 11.4 Å². The van der Waals surface area contributed by atoms with E-state index in [1.165, 1.54) is 6.07 Å². The number of amidine groups is 1. The van der Waals surface area contributed by atoms with E-state index in [-0.39, 0.29) is 10.6 Å². The standard InChI is InChI=1S/C14H19N3O2S/c1-9(2)12-6-7-20-14(15-12)16-13-5-4-11(17(18)19)8-10(13)3/h4-5,8-9,12H,6-7H2,1-3H3,(H,15,16). The van der Waals surface area contributed by atoms with Crippen LogP contribution in [0.3, 0.4) is 0 Å². The number of thioether (sulfide) groups is 1. The minimum absolute atomic E-state index is 0.107. The van der Waals surface area contributed by atoms with Gasteiger partial charge in [0.25, 0.3) is 5.69 Å². The van der Waals surface area contributed by atoms with Gasteiger partial charge >= 0.3 is 0 Å². The molecular formula is C14H19N3O2S. The number of nitro groups is 1. The second kappa shape index (κ2) is 6.26. The molecule has 0 radical (unpaired) electrons. The molecule has 1 aliphatic heterocycles. The van der Waals surface area contributed by atoms with E-state index >= 15 is 0 Å². The van der Waals surface area contributed by atoms with Crippen LogP contribution in [0.25, 0.3) is 0 Å². The maximum Gasteiger partial charge on any atom is 0.269 e. The number of aliphatic imine (C=N–C) groups is 1. The monoisotopic (exact) mass is 293 g/mol. The largest absolute Gasteiger partial charge is 0.362 e. The Morgan fingerprint density at radius 2 is 2.25 bits per heavy atom.